The van der Waals surface area contributed by atoms with Gasteiger partial charge in [0.25, 0.3) is 0 Å². The van der Waals surface area contributed by atoms with Crippen LogP contribution in [0.5, 0.6) is 11.5 Å². The van der Waals surface area contributed by atoms with Gasteiger partial charge in [-0.2, -0.15) is 0 Å². The molecule has 0 aliphatic carbocycles. The Morgan fingerprint density at radius 3 is 2.02 bits per heavy atom. The molecule has 0 aromatic heterocycles. The molecular formula is C29H30O11. The number of hydrogen-bond donors (Lipinski definition) is 0. The van der Waals surface area contributed by atoms with Crippen LogP contribution in [0.2, 0.25) is 0 Å². The van der Waals surface area contributed by atoms with Crippen LogP contribution in [0, 0.1) is 5.92 Å². The largest absolute Gasteiger partial charge is 0.513 e. The van der Waals surface area contributed by atoms with Crippen molar-refractivity contribution in [1.29, 1.82) is 0 Å². The van der Waals surface area contributed by atoms with Crippen LogP contribution in [0.4, 0.5) is 4.79 Å². The van der Waals surface area contributed by atoms with E-state index in [4.69, 9.17) is 33.2 Å². The third kappa shape index (κ3) is 7.67. The molecule has 4 rings (SSSR count). The van der Waals surface area contributed by atoms with Gasteiger partial charge >= 0.3 is 24.1 Å². The highest BCUT2D eigenvalue weighted by atomic mass is 16.7. The SMILES string of the molecule is C=CC(=O)OCCCCOC(=O)Oc1ccc(C(=O)Oc2ccc(C(=O)O[C@@H]3COC4C3OC[C@H]4C)cc2)cc1. The average Bonchev–Trinajstić information content (AvgIpc) is 3.53. The molecule has 2 fully saturated rings. The van der Waals surface area contributed by atoms with Crippen molar-refractivity contribution < 1.29 is 52.3 Å². The van der Waals surface area contributed by atoms with Gasteiger partial charge in [-0.15, -0.1) is 0 Å². The summed E-state index contributed by atoms with van der Waals surface area (Å²) in [4.78, 5) is 47.8. The van der Waals surface area contributed by atoms with Gasteiger partial charge in [0.2, 0.25) is 0 Å². The highest BCUT2D eigenvalue weighted by Crippen LogP contribution is 2.32. The lowest BCUT2D eigenvalue weighted by molar-refractivity contribution is -0.137. The lowest BCUT2D eigenvalue weighted by Gasteiger charge is -2.16. The zero-order valence-electron chi connectivity index (χ0n) is 21.9. The van der Waals surface area contributed by atoms with E-state index in [-0.39, 0.29) is 48.4 Å². The lowest BCUT2D eigenvalue weighted by atomic mass is 10.0. The molecule has 11 heteroatoms. The smallest absolute Gasteiger partial charge is 0.463 e. The van der Waals surface area contributed by atoms with E-state index < -0.39 is 30.2 Å². The summed E-state index contributed by atoms with van der Waals surface area (Å²) < 4.78 is 37.2. The molecule has 0 N–H and O–H groups in total. The van der Waals surface area contributed by atoms with Gasteiger partial charge in [0.1, 0.15) is 17.6 Å². The van der Waals surface area contributed by atoms with E-state index in [1.807, 2.05) is 6.92 Å². The van der Waals surface area contributed by atoms with Crippen LogP contribution in [0.1, 0.15) is 40.5 Å². The van der Waals surface area contributed by atoms with Crippen molar-refractivity contribution in [1.82, 2.24) is 0 Å². The molecule has 2 aromatic rings. The molecule has 0 amide bonds. The van der Waals surface area contributed by atoms with Crippen LogP contribution in [-0.2, 0) is 28.5 Å². The Balaban J connectivity index is 1.18. The Bertz CT molecular complexity index is 1210. The Morgan fingerprint density at radius 1 is 0.800 bits per heavy atom. The number of hydrogen-bond acceptors (Lipinski definition) is 11. The molecule has 0 saturated carbocycles. The maximum Gasteiger partial charge on any atom is 0.513 e. The molecule has 11 nitrogen and oxygen atoms in total. The molecular weight excluding hydrogens is 524 g/mol. The highest BCUT2D eigenvalue weighted by molar-refractivity contribution is 5.92. The van der Waals surface area contributed by atoms with E-state index in [9.17, 15) is 19.2 Å². The first-order chi connectivity index (χ1) is 19.3. The summed E-state index contributed by atoms with van der Waals surface area (Å²) in [5, 5.41) is 0. The topological polar surface area (TPSA) is 133 Å². The van der Waals surface area contributed by atoms with Crippen molar-refractivity contribution >= 4 is 24.1 Å². The number of carbonyl (C=O) groups excluding carboxylic acids is 4. The van der Waals surface area contributed by atoms with E-state index in [2.05, 4.69) is 6.58 Å². The van der Waals surface area contributed by atoms with E-state index in [1.165, 1.54) is 48.5 Å². The van der Waals surface area contributed by atoms with E-state index in [0.29, 0.717) is 31.6 Å². The zero-order chi connectivity index (χ0) is 28.5. The summed E-state index contributed by atoms with van der Waals surface area (Å²) in [6.45, 7) is 6.49. The molecule has 0 spiro atoms. The van der Waals surface area contributed by atoms with Crippen molar-refractivity contribution in [2.45, 2.75) is 38.1 Å². The Labute approximate surface area is 230 Å². The third-order valence-corrected chi connectivity index (χ3v) is 6.28. The van der Waals surface area contributed by atoms with Crippen LogP contribution < -0.4 is 9.47 Å². The molecule has 40 heavy (non-hydrogen) atoms. The second-order valence-electron chi connectivity index (χ2n) is 9.23. The fourth-order valence-electron chi connectivity index (χ4n) is 4.16. The molecule has 2 aliphatic rings. The van der Waals surface area contributed by atoms with Gasteiger partial charge in [0.15, 0.2) is 6.10 Å². The number of benzene rings is 2. The molecule has 2 unspecified atom stereocenters. The highest BCUT2D eigenvalue weighted by Gasteiger charge is 2.47. The zero-order valence-corrected chi connectivity index (χ0v) is 21.9. The van der Waals surface area contributed by atoms with Crippen LogP contribution in [-0.4, -0.2) is 68.8 Å². The van der Waals surface area contributed by atoms with E-state index >= 15 is 0 Å². The van der Waals surface area contributed by atoms with Crippen molar-refractivity contribution in [2.24, 2.45) is 5.92 Å². The van der Waals surface area contributed by atoms with E-state index in [0.717, 1.165) is 6.08 Å². The first-order valence-electron chi connectivity index (χ1n) is 12.8. The maximum absolute atomic E-state index is 12.6. The summed E-state index contributed by atoms with van der Waals surface area (Å²) in [6.07, 6.45) is 0.390. The summed E-state index contributed by atoms with van der Waals surface area (Å²) >= 11 is 0. The molecule has 2 heterocycles. The minimum absolute atomic E-state index is 0.0627. The normalized spacial score (nSPS) is 21.1. The predicted octanol–water partition coefficient (Wildman–Crippen LogP) is 3.89. The number of fused-ring (bicyclic) bond motifs is 1. The summed E-state index contributed by atoms with van der Waals surface area (Å²) in [5.74, 6) is -0.984. The predicted molar refractivity (Wildman–Crippen MR) is 138 cm³/mol. The van der Waals surface area contributed by atoms with Crippen LogP contribution >= 0.6 is 0 Å². The van der Waals surface area contributed by atoms with Crippen LogP contribution in [0.3, 0.4) is 0 Å². The first-order valence-corrected chi connectivity index (χ1v) is 12.8. The van der Waals surface area contributed by atoms with Gasteiger partial charge in [-0.25, -0.2) is 19.2 Å². The minimum atomic E-state index is -0.900. The summed E-state index contributed by atoms with van der Waals surface area (Å²) in [5.41, 5.74) is 0.527. The van der Waals surface area contributed by atoms with Gasteiger partial charge in [-0.3, -0.25) is 0 Å². The monoisotopic (exact) mass is 554 g/mol. The Morgan fingerprint density at radius 2 is 1.38 bits per heavy atom. The molecule has 0 bridgehead atoms. The Hall–Kier alpha value is -4.22. The van der Waals surface area contributed by atoms with Crippen molar-refractivity contribution in [3.63, 3.8) is 0 Å². The fraction of sp³-hybridized carbons (Fsp3) is 0.379. The molecule has 2 saturated heterocycles. The molecule has 2 aromatic carbocycles. The first kappa shape index (κ1) is 28.8. The maximum atomic E-state index is 12.6. The Kier molecular flexibility index (Phi) is 9.87. The van der Waals surface area contributed by atoms with Crippen molar-refractivity contribution in [2.75, 3.05) is 26.4 Å². The van der Waals surface area contributed by atoms with Gasteiger partial charge in [0, 0.05) is 12.0 Å². The minimum Gasteiger partial charge on any atom is -0.463 e. The molecule has 4 atom stereocenters. The van der Waals surface area contributed by atoms with Crippen LogP contribution in [0.15, 0.2) is 61.2 Å². The van der Waals surface area contributed by atoms with E-state index in [1.54, 1.807) is 0 Å². The lowest BCUT2D eigenvalue weighted by Crippen LogP contribution is -2.32. The molecule has 0 radical (unpaired) electrons. The third-order valence-electron chi connectivity index (χ3n) is 6.28. The molecule has 2 aliphatic heterocycles. The number of esters is 3. The standard InChI is InChI=1S/C29H30O11/c1-3-24(30)34-14-4-5-15-35-29(33)39-22-12-8-19(9-13-22)27(31)38-21-10-6-20(7-11-21)28(32)40-23-17-37-25-18(2)16-36-26(23)25/h3,6-13,18,23,25-26H,1,4-5,14-17H2,2H3/t18-,23-,25?,26?/m1/s1. The second-order valence-corrected chi connectivity index (χ2v) is 9.23. The van der Waals surface area contributed by atoms with Crippen LogP contribution in [0.25, 0.3) is 0 Å². The number of rotatable bonds is 11. The van der Waals surface area contributed by atoms with Gasteiger partial charge in [-0.1, -0.05) is 13.5 Å². The van der Waals surface area contributed by atoms with Gasteiger partial charge < -0.3 is 33.2 Å². The summed E-state index contributed by atoms with van der Waals surface area (Å²) in [6, 6.07) is 11.7. The molecule has 212 valence electrons. The summed E-state index contributed by atoms with van der Waals surface area (Å²) in [7, 11) is 0. The van der Waals surface area contributed by atoms with Gasteiger partial charge in [0.05, 0.1) is 43.7 Å². The van der Waals surface area contributed by atoms with Gasteiger partial charge in [-0.05, 0) is 61.4 Å². The second kappa shape index (κ2) is 13.7. The van der Waals surface area contributed by atoms with Crippen molar-refractivity contribution in [3.8, 4) is 11.5 Å². The fourth-order valence-corrected chi connectivity index (χ4v) is 4.16. The van der Waals surface area contributed by atoms with Crippen molar-refractivity contribution in [3.05, 3.63) is 72.3 Å². The quantitative estimate of drug-likeness (QED) is 0.100. The number of ether oxygens (including phenoxy) is 7. The number of carbonyl (C=O) groups is 4. The number of unbranched alkanes of at least 4 members (excludes halogenated alkanes) is 1. The average molecular weight is 555 g/mol.